The fourth-order valence-corrected chi connectivity index (χ4v) is 3.41. The van der Waals surface area contributed by atoms with Crippen LogP contribution >= 0.6 is 0 Å². The van der Waals surface area contributed by atoms with Crippen LogP contribution < -0.4 is 4.90 Å². The average Bonchev–Trinajstić information content (AvgIpc) is 2.49. The number of rotatable bonds is 2. The second kappa shape index (κ2) is 6.13. The lowest BCUT2D eigenvalue weighted by Gasteiger charge is -2.42. The molecule has 0 N–H and O–H groups in total. The predicted molar refractivity (Wildman–Crippen MR) is 94.7 cm³/mol. The SMILES string of the molecule is Cc1ccc(C2CN(C)CCN2c2ccc(C)cc2C)cc1. The van der Waals surface area contributed by atoms with E-state index in [1.54, 1.807) is 0 Å². The number of hydrogen-bond acceptors (Lipinski definition) is 2. The van der Waals surface area contributed by atoms with Gasteiger partial charge in [-0.3, -0.25) is 0 Å². The van der Waals surface area contributed by atoms with E-state index in [2.05, 4.69) is 80.1 Å². The van der Waals surface area contributed by atoms with Gasteiger partial charge in [-0.25, -0.2) is 0 Å². The molecule has 1 fully saturated rings. The molecule has 0 amide bonds. The number of likely N-dealkylation sites (N-methyl/N-ethyl adjacent to an activating group) is 1. The summed E-state index contributed by atoms with van der Waals surface area (Å²) in [5, 5.41) is 0. The first kappa shape index (κ1) is 15.1. The Morgan fingerprint density at radius 3 is 2.23 bits per heavy atom. The highest BCUT2D eigenvalue weighted by atomic mass is 15.3. The lowest BCUT2D eigenvalue weighted by atomic mass is 9.99. The van der Waals surface area contributed by atoms with E-state index in [4.69, 9.17) is 0 Å². The molecular formula is C20H26N2. The van der Waals surface area contributed by atoms with E-state index in [-0.39, 0.29) is 0 Å². The molecule has 0 aliphatic carbocycles. The highest BCUT2D eigenvalue weighted by Crippen LogP contribution is 2.32. The van der Waals surface area contributed by atoms with Gasteiger partial charge in [-0.2, -0.15) is 0 Å². The summed E-state index contributed by atoms with van der Waals surface area (Å²) in [5.74, 6) is 0. The third kappa shape index (κ3) is 3.02. The van der Waals surface area contributed by atoms with E-state index in [0.29, 0.717) is 6.04 Å². The minimum atomic E-state index is 0.431. The first-order valence-electron chi connectivity index (χ1n) is 8.13. The minimum absolute atomic E-state index is 0.431. The fraction of sp³-hybridized carbons (Fsp3) is 0.400. The molecule has 2 nitrogen and oxygen atoms in total. The van der Waals surface area contributed by atoms with E-state index < -0.39 is 0 Å². The first-order chi connectivity index (χ1) is 10.5. The van der Waals surface area contributed by atoms with Gasteiger partial charge in [0.1, 0.15) is 0 Å². The Morgan fingerprint density at radius 2 is 1.55 bits per heavy atom. The van der Waals surface area contributed by atoms with Gasteiger partial charge in [0.2, 0.25) is 0 Å². The third-order valence-electron chi connectivity index (χ3n) is 4.71. The molecule has 0 saturated carbocycles. The second-order valence-corrected chi connectivity index (χ2v) is 6.67. The molecule has 0 spiro atoms. The van der Waals surface area contributed by atoms with Crippen molar-refractivity contribution in [3.63, 3.8) is 0 Å². The highest BCUT2D eigenvalue weighted by molar-refractivity contribution is 5.56. The van der Waals surface area contributed by atoms with Gasteiger partial charge in [0.05, 0.1) is 6.04 Å². The monoisotopic (exact) mass is 294 g/mol. The summed E-state index contributed by atoms with van der Waals surface area (Å²) in [4.78, 5) is 5.02. The average molecular weight is 294 g/mol. The first-order valence-corrected chi connectivity index (χ1v) is 8.13. The van der Waals surface area contributed by atoms with Gasteiger partial charge in [0.25, 0.3) is 0 Å². The Morgan fingerprint density at radius 1 is 0.864 bits per heavy atom. The summed E-state index contributed by atoms with van der Waals surface area (Å²) in [6, 6.07) is 16.3. The maximum absolute atomic E-state index is 2.58. The molecule has 0 radical (unpaired) electrons. The summed E-state index contributed by atoms with van der Waals surface area (Å²) >= 11 is 0. The zero-order valence-corrected chi connectivity index (χ0v) is 14.1. The summed E-state index contributed by atoms with van der Waals surface area (Å²) in [6.07, 6.45) is 0. The van der Waals surface area contributed by atoms with Crippen LogP contribution in [0.2, 0.25) is 0 Å². The van der Waals surface area contributed by atoms with Crippen molar-refractivity contribution in [1.29, 1.82) is 0 Å². The van der Waals surface area contributed by atoms with Crippen molar-refractivity contribution < 1.29 is 0 Å². The van der Waals surface area contributed by atoms with Gasteiger partial charge in [-0.05, 0) is 45.0 Å². The molecule has 1 aliphatic rings. The zero-order chi connectivity index (χ0) is 15.7. The van der Waals surface area contributed by atoms with Crippen molar-refractivity contribution in [2.24, 2.45) is 0 Å². The Hall–Kier alpha value is -1.80. The van der Waals surface area contributed by atoms with Gasteiger partial charge in [0.15, 0.2) is 0 Å². The van der Waals surface area contributed by atoms with Crippen LogP contribution in [0.5, 0.6) is 0 Å². The zero-order valence-electron chi connectivity index (χ0n) is 14.1. The Kier molecular flexibility index (Phi) is 4.21. The lowest BCUT2D eigenvalue weighted by molar-refractivity contribution is 0.269. The number of benzene rings is 2. The third-order valence-corrected chi connectivity index (χ3v) is 4.71. The maximum atomic E-state index is 2.58. The summed E-state index contributed by atoms with van der Waals surface area (Å²) < 4.78 is 0. The highest BCUT2D eigenvalue weighted by Gasteiger charge is 2.27. The van der Waals surface area contributed by atoms with Gasteiger partial charge >= 0.3 is 0 Å². The molecule has 1 heterocycles. The molecule has 2 aromatic carbocycles. The van der Waals surface area contributed by atoms with Crippen LogP contribution in [0.3, 0.4) is 0 Å². The number of nitrogens with zero attached hydrogens (tertiary/aromatic N) is 2. The molecule has 0 aromatic heterocycles. The van der Waals surface area contributed by atoms with Crippen LogP contribution in [0.4, 0.5) is 5.69 Å². The topological polar surface area (TPSA) is 6.48 Å². The van der Waals surface area contributed by atoms with Crippen molar-refractivity contribution in [2.75, 3.05) is 31.6 Å². The van der Waals surface area contributed by atoms with E-state index >= 15 is 0 Å². The lowest BCUT2D eigenvalue weighted by Crippen LogP contribution is -2.47. The smallest absolute Gasteiger partial charge is 0.0670 e. The van der Waals surface area contributed by atoms with E-state index in [1.807, 2.05) is 0 Å². The van der Waals surface area contributed by atoms with Crippen LogP contribution in [0.25, 0.3) is 0 Å². The van der Waals surface area contributed by atoms with Gasteiger partial charge < -0.3 is 9.80 Å². The van der Waals surface area contributed by atoms with Crippen LogP contribution in [0.15, 0.2) is 42.5 Å². The summed E-state index contributed by atoms with van der Waals surface area (Å²) in [7, 11) is 2.22. The van der Waals surface area contributed by atoms with E-state index in [0.717, 1.165) is 19.6 Å². The number of hydrogen-bond donors (Lipinski definition) is 0. The molecule has 1 saturated heterocycles. The van der Waals surface area contributed by atoms with Gasteiger partial charge in [-0.15, -0.1) is 0 Å². The molecule has 22 heavy (non-hydrogen) atoms. The molecule has 116 valence electrons. The van der Waals surface area contributed by atoms with Crippen LogP contribution in [0.1, 0.15) is 28.3 Å². The van der Waals surface area contributed by atoms with Gasteiger partial charge in [0, 0.05) is 25.3 Å². The molecule has 2 heteroatoms. The minimum Gasteiger partial charge on any atom is -0.362 e. The molecular weight excluding hydrogens is 268 g/mol. The van der Waals surface area contributed by atoms with Gasteiger partial charge in [-0.1, -0.05) is 47.5 Å². The number of piperazine rings is 1. The van der Waals surface area contributed by atoms with E-state index in [9.17, 15) is 0 Å². The normalized spacial score (nSPS) is 19.5. The van der Waals surface area contributed by atoms with Crippen molar-refractivity contribution in [1.82, 2.24) is 4.90 Å². The standard InChI is InChI=1S/C20H26N2/c1-15-5-8-18(9-6-15)20-14-21(4)11-12-22(20)19-10-7-16(2)13-17(19)3/h5-10,13,20H,11-12,14H2,1-4H3. The predicted octanol–water partition coefficient (Wildman–Crippen LogP) is 4.10. The summed E-state index contributed by atoms with van der Waals surface area (Å²) in [5.41, 5.74) is 6.83. The second-order valence-electron chi connectivity index (χ2n) is 6.67. The summed E-state index contributed by atoms with van der Waals surface area (Å²) in [6.45, 7) is 9.83. The molecule has 0 bridgehead atoms. The quantitative estimate of drug-likeness (QED) is 0.822. The number of aryl methyl sites for hydroxylation is 3. The number of anilines is 1. The largest absolute Gasteiger partial charge is 0.362 e. The Balaban J connectivity index is 1.98. The van der Waals surface area contributed by atoms with Crippen LogP contribution in [-0.2, 0) is 0 Å². The molecule has 1 aliphatic heterocycles. The molecule has 1 atom stereocenters. The Bertz CT molecular complexity index is 645. The van der Waals surface area contributed by atoms with Crippen LogP contribution in [-0.4, -0.2) is 31.6 Å². The van der Waals surface area contributed by atoms with Crippen molar-refractivity contribution >= 4 is 5.69 Å². The Labute approximate surface area is 134 Å². The van der Waals surface area contributed by atoms with Crippen molar-refractivity contribution in [2.45, 2.75) is 26.8 Å². The van der Waals surface area contributed by atoms with Crippen LogP contribution in [0, 0.1) is 20.8 Å². The van der Waals surface area contributed by atoms with Crippen molar-refractivity contribution in [3.05, 3.63) is 64.7 Å². The fourth-order valence-electron chi connectivity index (χ4n) is 3.41. The molecule has 2 aromatic rings. The van der Waals surface area contributed by atoms with E-state index in [1.165, 1.54) is 27.9 Å². The van der Waals surface area contributed by atoms with Crippen molar-refractivity contribution in [3.8, 4) is 0 Å². The molecule has 3 rings (SSSR count). The maximum Gasteiger partial charge on any atom is 0.0670 e. The molecule has 1 unspecified atom stereocenters.